The highest BCUT2D eigenvalue weighted by Gasteiger charge is 2.28. The molecule has 6 heteroatoms. The van der Waals surface area contributed by atoms with Gasteiger partial charge in [0, 0.05) is 19.3 Å². The predicted molar refractivity (Wildman–Crippen MR) is 74.2 cm³/mol. The van der Waals surface area contributed by atoms with Crippen LogP contribution in [0.4, 0.5) is 0 Å². The van der Waals surface area contributed by atoms with Crippen molar-refractivity contribution in [3.05, 3.63) is 35.7 Å². The van der Waals surface area contributed by atoms with E-state index in [-0.39, 0.29) is 18.2 Å². The van der Waals surface area contributed by atoms with Gasteiger partial charge in [-0.3, -0.25) is 9.78 Å². The van der Waals surface area contributed by atoms with Crippen molar-refractivity contribution in [3.8, 4) is 0 Å². The number of pyridine rings is 1. The van der Waals surface area contributed by atoms with E-state index in [2.05, 4.69) is 4.98 Å². The van der Waals surface area contributed by atoms with Crippen LogP contribution in [0.15, 0.2) is 24.4 Å². The van der Waals surface area contributed by atoms with Crippen molar-refractivity contribution in [1.29, 1.82) is 0 Å². The Balaban J connectivity index is 2.88. The second-order valence-electron chi connectivity index (χ2n) is 4.98. The number of carboxylic acids is 1. The van der Waals surface area contributed by atoms with E-state index in [0.29, 0.717) is 5.56 Å². The maximum atomic E-state index is 12.2. The minimum Gasteiger partial charge on any atom is -0.478 e. The van der Waals surface area contributed by atoms with E-state index >= 15 is 0 Å². The molecule has 1 amide bonds. The minimum atomic E-state index is -1.05. The molecule has 0 unspecified atom stereocenters. The molecule has 1 aromatic heterocycles. The van der Waals surface area contributed by atoms with Gasteiger partial charge in [0.1, 0.15) is 5.69 Å². The third-order valence-electron chi connectivity index (χ3n) is 3.02. The number of aromatic nitrogens is 1. The largest absolute Gasteiger partial charge is 0.478 e. The molecule has 0 aliphatic rings. The normalized spacial score (nSPS) is 11.6. The van der Waals surface area contributed by atoms with Crippen LogP contribution >= 0.6 is 0 Å². The van der Waals surface area contributed by atoms with Gasteiger partial charge < -0.3 is 15.1 Å². The second kappa shape index (κ2) is 6.29. The maximum absolute atomic E-state index is 12.2. The Morgan fingerprint density at radius 3 is 2.50 bits per heavy atom. The lowest BCUT2D eigenvalue weighted by Gasteiger charge is -2.33. The number of carboxylic acid groups (broad SMARTS) is 1. The summed E-state index contributed by atoms with van der Waals surface area (Å²) in [5, 5.41) is 17.8. The molecule has 0 spiro atoms. The highest BCUT2D eigenvalue weighted by molar-refractivity contribution is 5.93. The van der Waals surface area contributed by atoms with E-state index in [1.54, 1.807) is 27.0 Å². The van der Waals surface area contributed by atoms with Crippen LogP contribution in [-0.4, -0.2) is 51.2 Å². The zero-order valence-electron chi connectivity index (χ0n) is 11.7. The van der Waals surface area contributed by atoms with Crippen LogP contribution < -0.4 is 0 Å². The van der Waals surface area contributed by atoms with Crippen molar-refractivity contribution in [2.24, 2.45) is 0 Å². The SMILES string of the molecule is CN(C(=O)c1ccc(/C=C/C(=O)O)cn1)C(C)(C)CO. The summed E-state index contributed by atoms with van der Waals surface area (Å²) in [6.07, 6.45) is 3.82. The maximum Gasteiger partial charge on any atom is 0.328 e. The lowest BCUT2D eigenvalue weighted by Crippen LogP contribution is -2.47. The second-order valence-corrected chi connectivity index (χ2v) is 4.98. The van der Waals surface area contributed by atoms with Crippen LogP contribution in [0, 0.1) is 0 Å². The standard InChI is InChI=1S/C14H18N2O4/c1-14(2,9-17)16(3)13(20)11-6-4-10(8-15-11)5-7-12(18)19/h4-8,17H,9H2,1-3H3,(H,18,19)/b7-5+. The van der Waals surface area contributed by atoms with Gasteiger partial charge in [-0.05, 0) is 31.6 Å². The number of amides is 1. The molecule has 0 aliphatic heterocycles. The van der Waals surface area contributed by atoms with E-state index in [1.165, 1.54) is 23.2 Å². The van der Waals surface area contributed by atoms with Crippen LogP contribution in [0.5, 0.6) is 0 Å². The first-order valence-corrected chi connectivity index (χ1v) is 6.04. The van der Waals surface area contributed by atoms with Crippen molar-refractivity contribution < 1.29 is 19.8 Å². The molecule has 108 valence electrons. The van der Waals surface area contributed by atoms with Crippen molar-refractivity contribution in [3.63, 3.8) is 0 Å². The molecular formula is C14H18N2O4. The molecule has 0 saturated heterocycles. The Kier molecular flexibility index (Phi) is 4.99. The van der Waals surface area contributed by atoms with Crippen molar-refractivity contribution >= 4 is 18.0 Å². The number of rotatable bonds is 5. The highest BCUT2D eigenvalue weighted by Crippen LogP contribution is 2.14. The average molecular weight is 278 g/mol. The molecule has 0 radical (unpaired) electrons. The monoisotopic (exact) mass is 278 g/mol. The van der Waals surface area contributed by atoms with E-state index in [4.69, 9.17) is 5.11 Å². The Bertz CT molecular complexity index is 520. The molecule has 1 rings (SSSR count). The van der Waals surface area contributed by atoms with Gasteiger partial charge in [0.15, 0.2) is 0 Å². The molecule has 0 fully saturated rings. The molecular weight excluding hydrogens is 260 g/mol. The Labute approximate surface area is 117 Å². The van der Waals surface area contributed by atoms with E-state index in [0.717, 1.165) is 6.08 Å². The van der Waals surface area contributed by atoms with Gasteiger partial charge in [-0.2, -0.15) is 0 Å². The molecule has 20 heavy (non-hydrogen) atoms. The number of carbonyl (C=O) groups is 2. The van der Waals surface area contributed by atoms with Gasteiger partial charge in [-0.25, -0.2) is 4.79 Å². The summed E-state index contributed by atoms with van der Waals surface area (Å²) in [6, 6.07) is 3.13. The van der Waals surface area contributed by atoms with Crippen LogP contribution in [0.25, 0.3) is 6.08 Å². The molecule has 2 N–H and O–H groups in total. The molecule has 1 aromatic rings. The quantitative estimate of drug-likeness (QED) is 0.785. The molecule has 6 nitrogen and oxygen atoms in total. The van der Waals surface area contributed by atoms with Gasteiger partial charge >= 0.3 is 5.97 Å². The fourth-order valence-electron chi connectivity index (χ4n) is 1.35. The first-order valence-electron chi connectivity index (χ1n) is 6.04. The number of nitrogens with zero attached hydrogens (tertiary/aromatic N) is 2. The first kappa shape index (κ1) is 15.8. The summed E-state index contributed by atoms with van der Waals surface area (Å²) < 4.78 is 0. The predicted octanol–water partition coefficient (Wildman–Crippen LogP) is 1.02. The zero-order chi connectivity index (χ0) is 15.3. The van der Waals surface area contributed by atoms with Gasteiger partial charge in [-0.15, -0.1) is 0 Å². The lowest BCUT2D eigenvalue weighted by atomic mass is 10.0. The number of hydrogen-bond acceptors (Lipinski definition) is 4. The van der Waals surface area contributed by atoms with Gasteiger partial charge in [-0.1, -0.05) is 6.07 Å². The number of likely N-dealkylation sites (N-methyl/N-ethyl adjacent to an activating group) is 1. The Morgan fingerprint density at radius 2 is 2.05 bits per heavy atom. The minimum absolute atomic E-state index is 0.158. The fraction of sp³-hybridized carbons (Fsp3) is 0.357. The number of aliphatic carboxylic acids is 1. The van der Waals surface area contributed by atoms with E-state index in [9.17, 15) is 14.7 Å². The summed E-state index contributed by atoms with van der Waals surface area (Å²) in [5.74, 6) is -1.35. The Morgan fingerprint density at radius 1 is 1.40 bits per heavy atom. The first-order chi connectivity index (χ1) is 9.27. The molecule has 1 heterocycles. The van der Waals surface area contributed by atoms with E-state index < -0.39 is 11.5 Å². The Hall–Kier alpha value is -2.21. The summed E-state index contributed by atoms with van der Waals surface area (Å²) in [6.45, 7) is 3.33. The van der Waals surface area contributed by atoms with Gasteiger partial charge in [0.05, 0.1) is 12.1 Å². The molecule has 0 atom stereocenters. The summed E-state index contributed by atoms with van der Waals surface area (Å²) >= 11 is 0. The number of aliphatic hydroxyl groups excluding tert-OH is 1. The topological polar surface area (TPSA) is 90.7 Å². The lowest BCUT2D eigenvalue weighted by molar-refractivity contribution is -0.131. The van der Waals surface area contributed by atoms with Crippen molar-refractivity contribution in [1.82, 2.24) is 9.88 Å². The highest BCUT2D eigenvalue weighted by atomic mass is 16.4. The molecule has 0 aliphatic carbocycles. The zero-order valence-corrected chi connectivity index (χ0v) is 11.7. The summed E-state index contributed by atoms with van der Waals surface area (Å²) in [5.41, 5.74) is 0.148. The number of carbonyl (C=O) groups excluding carboxylic acids is 1. The van der Waals surface area contributed by atoms with Gasteiger partial charge in [0.25, 0.3) is 5.91 Å². The molecule has 0 aromatic carbocycles. The molecule has 0 bridgehead atoms. The third-order valence-corrected chi connectivity index (χ3v) is 3.02. The van der Waals surface area contributed by atoms with Crippen molar-refractivity contribution in [2.75, 3.05) is 13.7 Å². The van der Waals surface area contributed by atoms with Crippen LogP contribution in [0.1, 0.15) is 29.9 Å². The average Bonchev–Trinajstić information content (AvgIpc) is 2.44. The van der Waals surface area contributed by atoms with E-state index in [1.807, 2.05) is 0 Å². The van der Waals surface area contributed by atoms with Crippen LogP contribution in [-0.2, 0) is 4.79 Å². The fourth-order valence-corrected chi connectivity index (χ4v) is 1.35. The number of hydrogen-bond donors (Lipinski definition) is 2. The summed E-state index contributed by atoms with van der Waals surface area (Å²) in [7, 11) is 1.60. The smallest absolute Gasteiger partial charge is 0.328 e. The van der Waals surface area contributed by atoms with Crippen LogP contribution in [0.3, 0.4) is 0 Å². The van der Waals surface area contributed by atoms with Gasteiger partial charge in [0.2, 0.25) is 0 Å². The van der Waals surface area contributed by atoms with Crippen molar-refractivity contribution in [2.45, 2.75) is 19.4 Å². The number of aliphatic hydroxyl groups is 1. The molecule has 0 saturated carbocycles. The third kappa shape index (κ3) is 3.89. The summed E-state index contributed by atoms with van der Waals surface area (Å²) in [4.78, 5) is 28.0. The van der Waals surface area contributed by atoms with Crippen LogP contribution in [0.2, 0.25) is 0 Å².